The molecule has 0 aliphatic heterocycles. The van der Waals surface area contributed by atoms with E-state index in [-0.39, 0.29) is 24.0 Å². The Morgan fingerprint density at radius 1 is 1.00 bits per heavy atom. The van der Waals surface area contributed by atoms with Gasteiger partial charge in [0.15, 0.2) is 11.6 Å². The topological polar surface area (TPSA) is 60.4 Å². The predicted molar refractivity (Wildman–Crippen MR) is 79.9 cm³/mol. The predicted octanol–water partition coefficient (Wildman–Crippen LogP) is 3.65. The van der Waals surface area contributed by atoms with Crippen LogP contribution in [0.1, 0.15) is 58.5 Å². The van der Waals surface area contributed by atoms with E-state index >= 15 is 0 Å². The zero-order chi connectivity index (χ0) is 15.4. The number of rotatable bonds is 6. The van der Waals surface area contributed by atoms with E-state index in [9.17, 15) is 14.4 Å². The monoisotopic (exact) mass is 296 g/mol. The number of hydrogen-bond donors (Lipinski definition) is 0. The van der Waals surface area contributed by atoms with E-state index in [0.29, 0.717) is 12.8 Å². The second-order valence-electron chi connectivity index (χ2n) is 4.77. The van der Waals surface area contributed by atoms with Crippen molar-refractivity contribution in [2.75, 3.05) is 6.61 Å². The summed E-state index contributed by atoms with van der Waals surface area (Å²) in [5.41, 5.74) is 1.80. The molecular weight excluding hydrogens is 275 g/mol. The molecule has 0 aliphatic carbocycles. The molecule has 110 valence electrons. The van der Waals surface area contributed by atoms with Crippen molar-refractivity contribution in [2.24, 2.45) is 0 Å². The van der Waals surface area contributed by atoms with Gasteiger partial charge >= 0.3 is 5.97 Å². The summed E-state index contributed by atoms with van der Waals surface area (Å²) in [6.07, 6.45) is 0.750. The lowest BCUT2D eigenvalue weighted by Gasteiger charge is -2.07. The molecule has 1 heterocycles. The van der Waals surface area contributed by atoms with Crippen LogP contribution >= 0.6 is 7.53 Å². The molecule has 0 aliphatic rings. The first-order valence-electron chi connectivity index (χ1n) is 6.68. The van der Waals surface area contributed by atoms with Gasteiger partial charge in [-0.15, -0.1) is 7.53 Å². The number of hydrogen-bond acceptors (Lipinski definition) is 4. The zero-order valence-corrected chi connectivity index (χ0v) is 13.6. The molecule has 0 saturated carbocycles. The van der Waals surface area contributed by atoms with Crippen molar-refractivity contribution in [1.29, 1.82) is 0 Å². The summed E-state index contributed by atoms with van der Waals surface area (Å²) in [5.74, 6) is -0.288. The minimum absolute atomic E-state index is 0.00642. The van der Waals surface area contributed by atoms with E-state index in [2.05, 4.69) is 0 Å². The van der Waals surface area contributed by atoms with Crippen molar-refractivity contribution in [3.63, 3.8) is 0 Å². The quantitative estimate of drug-likeness (QED) is 0.594. The standard InChI is InChI=1S/C15H21O4P/c1-6-19-13(18)7-8-20-14(11(4)16)9(2)10(3)15(20)12(5)17/h6-8H2,1-5H3. The van der Waals surface area contributed by atoms with Crippen LogP contribution in [0.4, 0.5) is 0 Å². The molecule has 4 nitrogen and oxygen atoms in total. The highest BCUT2D eigenvalue weighted by atomic mass is 31.1. The fourth-order valence-corrected chi connectivity index (χ4v) is 5.42. The molecule has 0 fully saturated rings. The SMILES string of the molecule is CCOC(=O)CCp1c(C(C)=O)c(C)c(C)c1C(C)=O. The Morgan fingerprint density at radius 2 is 1.45 bits per heavy atom. The number of esters is 1. The Balaban J connectivity index is 3.21. The minimum Gasteiger partial charge on any atom is -0.466 e. The Bertz CT molecular complexity index is 517. The molecule has 0 spiro atoms. The number of ketones is 2. The Hall–Kier alpha value is -1.41. The highest BCUT2D eigenvalue weighted by Gasteiger charge is 2.23. The first-order chi connectivity index (χ1) is 9.31. The minimum atomic E-state index is -1.01. The van der Waals surface area contributed by atoms with Gasteiger partial charge in [-0.2, -0.15) is 0 Å². The summed E-state index contributed by atoms with van der Waals surface area (Å²) in [4.78, 5) is 35.2. The van der Waals surface area contributed by atoms with Gasteiger partial charge in [0.25, 0.3) is 0 Å². The van der Waals surface area contributed by atoms with E-state index in [1.165, 1.54) is 13.8 Å². The fraction of sp³-hybridized carbons (Fsp3) is 0.533. The van der Waals surface area contributed by atoms with Gasteiger partial charge in [-0.25, -0.2) is 0 Å². The van der Waals surface area contributed by atoms with E-state index in [1.807, 2.05) is 13.8 Å². The maximum absolute atomic E-state index is 11.9. The van der Waals surface area contributed by atoms with Crippen LogP contribution in [0.25, 0.3) is 0 Å². The third-order valence-corrected chi connectivity index (χ3v) is 6.38. The molecule has 0 N–H and O–H groups in total. The second-order valence-corrected chi connectivity index (χ2v) is 6.96. The molecule has 1 rings (SSSR count). The van der Waals surface area contributed by atoms with Gasteiger partial charge in [0.2, 0.25) is 0 Å². The zero-order valence-electron chi connectivity index (χ0n) is 12.7. The molecule has 0 aromatic carbocycles. The van der Waals surface area contributed by atoms with Crippen LogP contribution in [0.15, 0.2) is 0 Å². The molecule has 0 bridgehead atoms. The van der Waals surface area contributed by atoms with Crippen LogP contribution in [-0.4, -0.2) is 24.1 Å². The maximum atomic E-state index is 11.9. The lowest BCUT2D eigenvalue weighted by atomic mass is 10.1. The summed E-state index contributed by atoms with van der Waals surface area (Å²) in [7, 11) is -1.01. The third-order valence-electron chi connectivity index (χ3n) is 3.32. The highest BCUT2D eigenvalue weighted by molar-refractivity contribution is 7.53. The van der Waals surface area contributed by atoms with Crippen molar-refractivity contribution >= 4 is 25.1 Å². The summed E-state index contributed by atoms with van der Waals surface area (Å²) < 4.78 is 4.92. The Labute approximate surface area is 120 Å². The maximum Gasteiger partial charge on any atom is 0.306 e. The van der Waals surface area contributed by atoms with Crippen LogP contribution in [0.5, 0.6) is 0 Å². The first kappa shape index (κ1) is 16.6. The van der Waals surface area contributed by atoms with E-state index in [4.69, 9.17) is 4.74 Å². The molecule has 5 heteroatoms. The van der Waals surface area contributed by atoms with Gasteiger partial charge in [0.05, 0.1) is 13.0 Å². The molecule has 0 radical (unpaired) electrons. The van der Waals surface area contributed by atoms with Gasteiger partial charge in [-0.3, -0.25) is 14.4 Å². The van der Waals surface area contributed by atoms with E-state index in [0.717, 1.165) is 21.7 Å². The third kappa shape index (κ3) is 3.37. The molecule has 0 atom stereocenters. The van der Waals surface area contributed by atoms with Gasteiger partial charge < -0.3 is 4.74 Å². The molecule has 0 saturated heterocycles. The number of ether oxygens (including phenoxy) is 1. The second kappa shape index (κ2) is 6.85. The average Bonchev–Trinajstić information content (AvgIpc) is 2.59. The van der Waals surface area contributed by atoms with Gasteiger partial charge in [0.1, 0.15) is 0 Å². The van der Waals surface area contributed by atoms with Crippen molar-refractivity contribution in [2.45, 2.75) is 47.2 Å². The Morgan fingerprint density at radius 3 is 1.80 bits per heavy atom. The molecule has 1 aromatic rings. The summed E-state index contributed by atoms with van der Waals surface area (Å²) >= 11 is 0. The molecule has 0 amide bonds. The summed E-state index contributed by atoms with van der Waals surface area (Å²) in [6.45, 7) is 8.90. The van der Waals surface area contributed by atoms with Gasteiger partial charge in [-0.1, -0.05) is 0 Å². The van der Waals surface area contributed by atoms with Gasteiger partial charge in [-0.05, 0) is 51.9 Å². The molecule has 20 heavy (non-hydrogen) atoms. The number of carbonyl (C=O) groups excluding carboxylic acids is 3. The average molecular weight is 296 g/mol. The van der Waals surface area contributed by atoms with Crippen molar-refractivity contribution in [3.05, 3.63) is 21.7 Å². The van der Waals surface area contributed by atoms with E-state index in [1.54, 1.807) is 6.92 Å². The highest BCUT2D eigenvalue weighted by Crippen LogP contribution is 2.47. The van der Waals surface area contributed by atoms with Crippen LogP contribution in [0.2, 0.25) is 0 Å². The van der Waals surface area contributed by atoms with Gasteiger partial charge in [0, 0.05) is 10.6 Å². The normalized spacial score (nSPS) is 10.4. The smallest absolute Gasteiger partial charge is 0.306 e. The summed E-state index contributed by atoms with van der Waals surface area (Å²) in [6, 6.07) is 0. The van der Waals surface area contributed by atoms with Crippen molar-refractivity contribution in [3.8, 4) is 0 Å². The Kier molecular flexibility index (Phi) is 5.70. The van der Waals surface area contributed by atoms with E-state index < -0.39 is 7.53 Å². The van der Waals surface area contributed by atoms with Crippen molar-refractivity contribution < 1.29 is 19.1 Å². The number of Topliss-reactive ketones (excluding diaryl/α,β-unsaturated/α-hetero) is 2. The largest absolute Gasteiger partial charge is 0.466 e. The van der Waals surface area contributed by atoms with Crippen LogP contribution in [0.3, 0.4) is 0 Å². The lowest BCUT2D eigenvalue weighted by Crippen LogP contribution is -2.04. The van der Waals surface area contributed by atoms with Crippen molar-refractivity contribution in [1.82, 2.24) is 0 Å². The van der Waals surface area contributed by atoms with Crippen LogP contribution < -0.4 is 0 Å². The number of carbonyl (C=O) groups is 3. The molecular formula is C15H21O4P. The lowest BCUT2D eigenvalue weighted by molar-refractivity contribution is -0.142. The fourth-order valence-electron chi connectivity index (χ4n) is 2.44. The molecule has 0 unspecified atom stereocenters. The van der Waals surface area contributed by atoms with Crippen LogP contribution in [0, 0.1) is 13.8 Å². The first-order valence-corrected chi connectivity index (χ1v) is 8.21. The summed E-state index contributed by atoms with van der Waals surface area (Å²) in [5, 5.41) is 1.46. The van der Waals surface area contributed by atoms with Crippen LogP contribution in [-0.2, 0) is 15.7 Å². The molecule has 1 aromatic heterocycles.